The zero-order valence-corrected chi connectivity index (χ0v) is 14.3. The molecule has 1 aromatic heterocycles. The van der Waals surface area contributed by atoms with Crippen LogP contribution in [-0.2, 0) is 6.42 Å². The molecule has 0 spiro atoms. The molecule has 3 nitrogen and oxygen atoms in total. The molecule has 3 rings (SSSR count). The predicted molar refractivity (Wildman–Crippen MR) is 96.0 cm³/mol. The van der Waals surface area contributed by atoms with Crippen molar-refractivity contribution in [2.45, 2.75) is 20.3 Å². The first-order valence-corrected chi connectivity index (χ1v) is 8.52. The minimum atomic E-state index is -0.331. The lowest BCUT2D eigenvalue weighted by Gasteiger charge is -2.06. The van der Waals surface area contributed by atoms with Crippen molar-refractivity contribution in [3.05, 3.63) is 69.8 Å². The van der Waals surface area contributed by atoms with Crippen LogP contribution in [0.1, 0.15) is 27.2 Å². The number of nitrogens with one attached hydrogen (secondary N) is 1. The quantitative estimate of drug-likeness (QED) is 0.720. The van der Waals surface area contributed by atoms with Crippen LogP contribution in [0.4, 0.5) is 10.1 Å². The monoisotopic (exact) mass is 340 g/mol. The van der Waals surface area contributed by atoms with Crippen molar-refractivity contribution < 1.29 is 9.18 Å². The van der Waals surface area contributed by atoms with E-state index < -0.39 is 0 Å². The van der Waals surface area contributed by atoms with Crippen LogP contribution in [0.15, 0.2) is 48.5 Å². The van der Waals surface area contributed by atoms with E-state index in [9.17, 15) is 9.18 Å². The van der Waals surface area contributed by atoms with Gasteiger partial charge in [0, 0.05) is 21.7 Å². The zero-order valence-electron chi connectivity index (χ0n) is 13.5. The van der Waals surface area contributed by atoms with E-state index in [1.165, 1.54) is 29.1 Å². The average molecular weight is 340 g/mol. The molecule has 0 saturated heterocycles. The summed E-state index contributed by atoms with van der Waals surface area (Å²) in [5.41, 5.74) is 3.11. The Bertz CT molecular complexity index is 854. The highest BCUT2D eigenvalue weighted by molar-refractivity contribution is 7.12. The minimum Gasteiger partial charge on any atom is -0.322 e. The number of hydrogen-bond donors (Lipinski definition) is 1. The number of benzene rings is 2. The van der Waals surface area contributed by atoms with E-state index in [1.54, 1.807) is 23.5 Å². The van der Waals surface area contributed by atoms with Gasteiger partial charge in [-0.2, -0.15) is 0 Å². The van der Waals surface area contributed by atoms with E-state index in [0.717, 1.165) is 22.7 Å². The summed E-state index contributed by atoms with van der Waals surface area (Å²) in [6.45, 7) is 4.11. The second-order valence-electron chi connectivity index (χ2n) is 5.40. The van der Waals surface area contributed by atoms with Crippen LogP contribution in [0.25, 0.3) is 11.3 Å². The lowest BCUT2D eigenvalue weighted by molar-refractivity contribution is 0.102. The third-order valence-corrected chi connectivity index (χ3v) is 4.76. The largest absolute Gasteiger partial charge is 0.322 e. The first-order valence-electron chi connectivity index (χ1n) is 7.70. The maximum atomic E-state index is 12.9. The van der Waals surface area contributed by atoms with Gasteiger partial charge in [0.2, 0.25) is 0 Å². The molecular weight excluding hydrogens is 323 g/mol. The Labute approximate surface area is 144 Å². The Kier molecular flexibility index (Phi) is 4.71. The summed E-state index contributed by atoms with van der Waals surface area (Å²) in [7, 11) is 0. The van der Waals surface area contributed by atoms with Crippen LogP contribution in [0.5, 0.6) is 0 Å². The SMILES string of the molecule is CCc1sc(C)nc1-c1ccc(C(=O)Nc2ccc(F)cc2)cc1. The summed E-state index contributed by atoms with van der Waals surface area (Å²) in [4.78, 5) is 18.1. The molecule has 2 aromatic carbocycles. The Morgan fingerprint density at radius 1 is 1.12 bits per heavy atom. The van der Waals surface area contributed by atoms with E-state index in [0.29, 0.717) is 11.3 Å². The average Bonchev–Trinajstić information content (AvgIpc) is 2.98. The number of carbonyl (C=O) groups is 1. The number of anilines is 1. The molecule has 24 heavy (non-hydrogen) atoms. The van der Waals surface area contributed by atoms with Gasteiger partial charge in [0.25, 0.3) is 5.91 Å². The second-order valence-corrected chi connectivity index (χ2v) is 6.68. The second kappa shape index (κ2) is 6.93. The summed E-state index contributed by atoms with van der Waals surface area (Å²) in [6.07, 6.45) is 0.938. The Morgan fingerprint density at radius 2 is 1.79 bits per heavy atom. The fourth-order valence-corrected chi connectivity index (χ4v) is 3.35. The number of amides is 1. The smallest absolute Gasteiger partial charge is 0.255 e. The molecule has 0 fully saturated rings. The highest BCUT2D eigenvalue weighted by atomic mass is 32.1. The van der Waals surface area contributed by atoms with Crippen molar-refractivity contribution >= 4 is 22.9 Å². The highest BCUT2D eigenvalue weighted by Crippen LogP contribution is 2.28. The lowest BCUT2D eigenvalue weighted by Crippen LogP contribution is -2.11. The normalized spacial score (nSPS) is 10.6. The number of nitrogens with zero attached hydrogens (tertiary/aromatic N) is 1. The number of thiazole rings is 1. The fraction of sp³-hybridized carbons (Fsp3) is 0.158. The van der Waals surface area contributed by atoms with Gasteiger partial charge in [-0.05, 0) is 49.7 Å². The summed E-state index contributed by atoms with van der Waals surface area (Å²) in [5.74, 6) is -0.555. The molecule has 0 unspecified atom stereocenters. The number of aryl methyl sites for hydroxylation is 2. The van der Waals surface area contributed by atoms with Crippen LogP contribution >= 0.6 is 11.3 Å². The molecule has 3 aromatic rings. The van der Waals surface area contributed by atoms with Crippen molar-refractivity contribution in [2.24, 2.45) is 0 Å². The molecule has 0 aliphatic carbocycles. The molecule has 0 atom stereocenters. The summed E-state index contributed by atoms with van der Waals surface area (Å²) in [6, 6.07) is 13.1. The van der Waals surface area contributed by atoms with E-state index in [-0.39, 0.29) is 11.7 Å². The first-order chi connectivity index (χ1) is 11.6. The third kappa shape index (κ3) is 3.51. The van der Waals surface area contributed by atoms with Crippen LogP contribution < -0.4 is 5.32 Å². The molecule has 0 radical (unpaired) electrons. The van der Waals surface area contributed by atoms with Gasteiger partial charge >= 0.3 is 0 Å². The van der Waals surface area contributed by atoms with E-state index in [4.69, 9.17) is 0 Å². The zero-order chi connectivity index (χ0) is 17.1. The number of halogens is 1. The summed E-state index contributed by atoms with van der Waals surface area (Å²) >= 11 is 1.70. The number of carbonyl (C=O) groups excluding carboxylic acids is 1. The Balaban J connectivity index is 1.78. The molecule has 0 bridgehead atoms. The molecule has 0 saturated carbocycles. The van der Waals surface area contributed by atoms with Crippen molar-refractivity contribution in [3.63, 3.8) is 0 Å². The standard InChI is InChI=1S/C19H17FN2OS/c1-3-17-18(21-12(2)24-17)13-4-6-14(7-5-13)19(23)22-16-10-8-15(20)9-11-16/h4-11H,3H2,1-2H3,(H,22,23). The minimum absolute atomic E-state index is 0.224. The van der Waals surface area contributed by atoms with E-state index in [2.05, 4.69) is 17.2 Å². The Hall–Kier alpha value is -2.53. The number of hydrogen-bond acceptors (Lipinski definition) is 3. The molecule has 122 valence electrons. The molecule has 1 N–H and O–H groups in total. The topological polar surface area (TPSA) is 42.0 Å². The van der Waals surface area contributed by atoms with Crippen LogP contribution in [-0.4, -0.2) is 10.9 Å². The van der Waals surface area contributed by atoms with Gasteiger partial charge in [-0.3, -0.25) is 4.79 Å². The molecule has 5 heteroatoms. The van der Waals surface area contributed by atoms with Crippen molar-refractivity contribution in [1.29, 1.82) is 0 Å². The van der Waals surface area contributed by atoms with Gasteiger partial charge < -0.3 is 5.32 Å². The highest BCUT2D eigenvalue weighted by Gasteiger charge is 2.11. The molecule has 0 aliphatic rings. The third-order valence-electron chi connectivity index (χ3n) is 3.65. The van der Waals surface area contributed by atoms with Gasteiger partial charge in [-0.15, -0.1) is 11.3 Å². The maximum Gasteiger partial charge on any atom is 0.255 e. The first kappa shape index (κ1) is 16.3. The molecular formula is C19H17FN2OS. The van der Waals surface area contributed by atoms with Gasteiger partial charge in [0.1, 0.15) is 5.82 Å². The lowest BCUT2D eigenvalue weighted by atomic mass is 10.1. The van der Waals surface area contributed by atoms with E-state index >= 15 is 0 Å². The van der Waals surface area contributed by atoms with Gasteiger partial charge in [0.15, 0.2) is 0 Å². The predicted octanol–water partition coefficient (Wildman–Crippen LogP) is 5.07. The van der Waals surface area contributed by atoms with Crippen molar-refractivity contribution in [3.8, 4) is 11.3 Å². The van der Waals surface area contributed by atoms with Gasteiger partial charge in [-0.1, -0.05) is 19.1 Å². The van der Waals surface area contributed by atoms with Crippen LogP contribution in [0.2, 0.25) is 0 Å². The van der Waals surface area contributed by atoms with Gasteiger partial charge in [0.05, 0.1) is 10.7 Å². The molecule has 1 amide bonds. The maximum absolute atomic E-state index is 12.9. The van der Waals surface area contributed by atoms with E-state index in [1.807, 2.05) is 19.1 Å². The molecule has 1 heterocycles. The number of rotatable bonds is 4. The van der Waals surface area contributed by atoms with Crippen molar-refractivity contribution in [2.75, 3.05) is 5.32 Å². The summed E-state index contributed by atoms with van der Waals surface area (Å²) < 4.78 is 12.9. The van der Waals surface area contributed by atoms with Crippen LogP contribution in [0, 0.1) is 12.7 Å². The summed E-state index contributed by atoms with van der Waals surface area (Å²) in [5, 5.41) is 3.79. The number of aromatic nitrogens is 1. The molecule has 0 aliphatic heterocycles. The van der Waals surface area contributed by atoms with Crippen molar-refractivity contribution in [1.82, 2.24) is 4.98 Å². The fourth-order valence-electron chi connectivity index (χ4n) is 2.45. The van der Waals surface area contributed by atoms with Gasteiger partial charge in [-0.25, -0.2) is 9.37 Å². The Morgan fingerprint density at radius 3 is 2.42 bits per heavy atom. The van der Waals surface area contributed by atoms with Crippen LogP contribution in [0.3, 0.4) is 0 Å².